The van der Waals surface area contributed by atoms with Gasteiger partial charge in [0.2, 0.25) is 5.16 Å². The summed E-state index contributed by atoms with van der Waals surface area (Å²) in [4.78, 5) is 14.3. The summed E-state index contributed by atoms with van der Waals surface area (Å²) < 4.78 is 4.70. The molecule has 1 aromatic rings. The van der Waals surface area contributed by atoms with Gasteiger partial charge in [-0.25, -0.2) is 4.98 Å². The normalized spacial score (nSPS) is 10.1. The quantitative estimate of drug-likeness (QED) is 0.778. The summed E-state index contributed by atoms with van der Waals surface area (Å²) >= 11 is 3.88. The predicted molar refractivity (Wildman–Crippen MR) is 50.0 cm³/mol. The first-order chi connectivity index (χ1) is 5.72. The van der Waals surface area contributed by atoms with Crippen molar-refractivity contribution in [2.45, 2.75) is 9.50 Å². The Morgan fingerprint density at radius 1 is 1.75 bits per heavy atom. The van der Waals surface area contributed by atoms with E-state index in [0.29, 0.717) is 9.50 Å². The molecule has 0 radical (unpaired) electrons. The maximum absolute atomic E-state index is 10.2. The van der Waals surface area contributed by atoms with Crippen molar-refractivity contribution in [2.24, 2.45) is 0 Å². The molecule has 0 amide bonds. The van der Waals surface area contributed by atoms with Crippen LogP contribution < -0.4 is 0 Å². The summed E-state index contributed by atoms with van der Waals surface area (Å²) in [5.74, 6) is -0.788. The van der Waals surface area contributed by atoms with Gasteiger partial charge in [-0.2, -0.15) is 4.37 Å². The number of carbonyl (C=O) groups is 1. The van der Waals surface area contributed by atoms with Crippen molar-refractivity contribution < 1.29 is 9.90 Å². The van der Waals surface area contributed by atoms with Crippen molar-refractivity contribution in [3.05, 3.63) is 0 Å². The molecule has 0 aliphatic rings. The average molecular weight is 222 g/mol. The van der Waals surface area contributed by atoms with E-state index in [4.69, 9.17) is 5.11 Å². The van der Waals surface area contributed by atoms with Gasteiger partial charge in [0.15, 0.2) is 4.34 Å². The molecule has 0 aromatic carbocycles. The van der Waals surface area contributed by atoms with Crippen LogP contribution in [0.2, 0.25) is 0 Å². The molecule has 7 heteroatoms. The zero-order valence-corrected chi connectivity index (χ0v) is 8.63. The molecule has 0 saturated carbocycles. The second-order valence-corrected chi connectivity index (χ2v) is 4.48. The van der Waals surface area contributed by atoms with Crippen LogP contribution in [0, 0.1) is 0 Å². The van der Waals surface area contributed by atoms with Gasteiger partial charge in [-0.3, -0.25) is 4.79 Å². The van der Waals surface area contributed by atoms with Gasteiger partial charge in [-0.15, -0.1) is 0 Å². The molecule has 0 atom stereocenters. The maximum atomic E-state index is 10.2. The lowest BCUT2D eigenvalue weighted by molar-refractivity contribution is -0.133. The third-order valence-electron chi connectivity index (χ3n) is 0.890. The van der Waals surface area contributed by atoms with Crippen LogP contribution in [-0.4, -0.2) is 32.4 Å². The van der Waals surface area contributed by atoms with Crippen molar-refractivity contribution >= 4 is 41.0 Å². The molecule has 1 heterocycles. The van der Waals surface area contributed by atoms with E-state index >= 15 is 0 Å². The maximum Gasteiger partial charge on any atom is 0.313 e. The van der Waals surface area contributed by atoms with Gasteiger partial charge in [0.25, 0.3) is 0 Å². The highest BCUT2D eigenvalue weighted by atomic mass is 32.2. The molecule has 0 aliphatic heterocycles. The summed E-state index contributed by atoms with van der Waals surface area (Å²) in [6.45, 7) is 0. The fourth-order valence-electron chi connectivity index (χ4n) is 0.462. The van der Waals surface area contributed by atoms with Gasteiger partial charge < -0.3 is 5.11 Å². The number of thioether (sulfide) groups is 2. The van der Waals surface area contributed by atoms with Crippen LogP contribution in [0.15, 0.2) is 9.50 Å². The van der Waals surface area contributed by atoms with Crippen molar-refractivity contribution in [2.75, 3.05) is 12.0 Å². The molecule has 66 valence electrons. The molecular formula is C5H6N2O2S3. The molecule has 0 spiro atoms. The van der Waals surface area contributed by atoms with E-state index < -0.39 is 5.97 Å². The second kappa shape index (κ2) is 4.68. The first-order valence-electron chi connectivity index (χ1n) is 2.94. The highest BCUT2D eigenvalue weighted by Gasteiger charge is 2.05. The SMILES string of the molecule is CSc1nsc(SCC(=O)O)n1. The van der Waals surface area contributed by atoms with Crippen molar-refractivity contribution in [3.8, 4) is 0 Å². The number of aromatic nitrogens is 2. The summed E-state index contributed by atoms with van der Waals surface area (Å²) in [6, 6.07) is 0. The number of aliphatic carboxylic acids is 1. The average Bonchev–Trinajstić information content (AvgIpc) is 2.48. The van der Waals surface area contributed by atoms with Gasteiger partial charge >= 0.3 is 5.97 Å². The minimum absolute atomic E-state index is 0.0447. The molecular weight excluding hydrogens is 216 g/mol. The van der Waals surface area contributed by atoms with E-state index in [2.05, 4.69) is 9.36 Å². The molecule has 4 nitrogen and oxygen atoms in total. The molecule has 1 N–H and O–H groups in total. The number of hydrogen-bond donors (Lipinski definition) is 1. The Balaban J connectivity index is 2.47. The van der Waals surface area contributed by atoms with E-state index in [0.717, 1.165) is 0 Å². The standard InChI is InChI=1S/C5H6N2O2S3/c1-10-4-6-5(12-7-4)11-2-3(8)9/h2H2,1H3,(H,8,9). The fraction of sp³-hybridized carbons (Fsp3) is 0.400. The molecule has 0 unspecified atom stereocenters. The molecule has 0 saturated heterocycles. The van der Waals surface area contributed by atoms with Crippen LogP contribution in [0.4, 0.5) is 0 Å². The summed E-state index contributed by atoms with van der Waals surface area (Å²) in [7, 11) is 0. The number of hydrogen-bond acceptors (Lipinski definition) is 6. The van der Waals surface area contributed by atoms with Gasteiger partial charge in [0, 0.05) is 0 Å². The third-order valence-corrected chi connectivity index (χ3v) is 3.37. The van der Waals surface area contributed by atoms with Gasteiger partial charge in [-0.1, -0.05) is 23.5 Å². The van der Waals surface area contributed by atoms with E-state index in [9.17, 15) is 4.79 Å². The van der Waals surface area contributed by atoms with E-state index in [1.165, 1.54) is 35.1 Å². The van der Waals surface area contributed by atoms with Crippen molar-refractivity contribution in [3.63, 3.8) is 0 Å². The number of rotatable bonds is 4. The number of carboxylic acids is 1. The Labute approximate surface area is 81.9 Å². The Kier molecular flexibility index (Phi) is 3.83. The lowest BCUT2D eigenvalue weighted by Crippen LogP contribution is -1.96. The minimum Gasteiger partial charge on any atom is -0.481 e. The first-order valence-corrected chi connectivity index (χ1v) is 5.93. The molecule has 0 fully saturated rings. The minimum atomic E-state index is -0.832. The van der Waals surface area contributed by atoms with Gasteiger partial charge in [-0.05, 0) is 17.8 Å². The van der Waals surface area contributed by atoms with Gasteiger partial charge in [0.1, 0.15) is 0 Å². The number of carboxylic acid groups (broad SMARTS) is 1. The van der Waals surface area contributed by atoms with Gasteiger partial charge in [0.05, 0.1) is 5.75 Å². The highest BCUT2D eigenvalue weighted by molar-refractivity contribution is 8.01. The zero-order valence-electron chi connectivity index (χ0n) is 6.18. The third kappa shape index (κ3) is 3.00. The largest absolute Gasteiger partial charge is 0.481 e. The Morgan fingerprint density at radius 2 is 2.50 bits per heavy atom. The summed E-state index contributed by atoms with van der Waals surface area (Å²) in [6.07, 6.45) is 1.88. The summed E-state index contributed by atoms with van der Waals surface area (Å²) in [5.41, 5.74) is 0. The van der Waals surface area contributed by atoms with Crippen LogP contribution in [0.25, 0.3) is 0 Å². The monoisotopic (exact) mass is 222 g/mol. The number of nitrogens with zero attached hydrogens (tertiary/aromatic N) is 2. The van der Waals surface area contributed by atoms with E-state index in [1.54, 1.807) is 0 Å². The van der Waals surface area contributed by atoms with Crippen LogP contribution >= 0.6 is 35.1 Å². The molecule has 1 aromatic heterocycles. The van der Waals surface area contributed by atoms with Crippen LogP contribution in [0.5, 0.6) is 0 Å². The Bertz CT molecular complexity index is 275. The Hall–Kier alpha value is -0.270. The molecule has 0 aliphatic carbocycles. The lowest BCUT2D eigenvalue weighted by Gasteiger charge is -1.88. The fourth-order valence-corrected chi connectivity index (χ4v) is 2.39. The topological polar surface area (TPSA) is 63.1 Å². The second-order valence-electron chi connectivity index (χ2n) is 1.73. The van der Waals surface area contributed by atoms with Crippen LogP contribution in [0.3, 0.4) is 0 Å². The summed E-state index contributed by atoms with van der Waals surface area (Å²) in [5, 5.41) is 9.07. The Morgan fingerprint density at radius 3 is 3.00 bits per heavy atom. The zero-order chi connectivity index (χ0) is 8.97. The lowest BCUT2D eigenvalue weighted by atomic mass is 10.8. The van der Waals surface area contributed by atoms with Crippen molar-refractivity contribution in [1.82, 2.24) is 9.36 Å². The first kappa shape index (κ1) is 9.82. The van der Waals surface area contributed by atoms with Crippen molar-refractivity contribution in [1.29, 1.82) is 0 Å². The van der Waals surface area contributed by atoms with E-state index in [1.807, 2.05) is 6.26 Å². The molecule has 1 rings (SSSR count). The van der Waals surface area contributed by atoms with Crippen LogP contribution in [0.1, 0.15) is 0 Å². The van der Waals surface area contributed by atoms with Crippen LogP contribution in [-0.2, 0) is 4.79 Å². The smallest absolute Gasteiger partial charge is 0.313 e. The molecule has 0 bridgehead atoms. The van der Waals surface area contributed by atoms with E-state index in [-0.39, 0.29) is 5.75 Å². The highest BCUT2D eigenvalue weighted by Crippen LogP contribution is 2.22. The predicted octanol–water partition coefficient (Wildman–Crippen LogP) is 1.44. The molecule has 12 heavy (non-hydrogen) atoms.